The minimum Gasteiger partial charge on any atom is -0.276 e. The Bertz CT molecular complexity index is 830. The molecule has 0 aliphatic carbocycles. The van der Waals surface area contributed by atoms with Crippen LogP contribution < -0.4 is 0 Å². The van der Waals surface area contributed by atoms with Gasteiger partial charge in [-0.15, -0.1) is 0 Å². The van der Waals surface area contributed by atoms with Gasteiger partial charge in [0, 0.05) is 5.56 Å². The van der Waals surface area contributed by atoms with Gasteiger partial charge in [0.05, 0.1) is 22.1 Å². The van der Waals surface area contributed by atoms with Crippen LogP contribution in [0.15, 0.2) is 30.3 Å². The molecule has 1 aromatic carbocycles. The van der Waals surface area contributed by atoms with Crippen LogP contribution >= 0.6 is 23.2 Å². The summed E-state index contributed by atoms with van der Waals surface area (Å²) < 4.78 is 0. The fraction of sp³-hybridized carbons (Fsp3) is 0.176. The molecule has 3 rings (SSSR count). The first-order valence-electron chi connectivity index (χ1n) is 6.92. The maximum Gasteiger partial charge on any atom is 0.148 e. The molecular formula is C17H15Cl2N3. The van der Waals surface area contributed by atoms with Gasteiger partial charge >= 0.3 is 0 Å². The maximum atomic E-state index is 5.98. The molecule has 0 saturated carbocycles. The number of nitrogens with one attached hydrogen (secondary N) is 1. The van der Waals surface area contributed by atoms with Crippen LogP contribution in [0.25, 0.3) is 22.6 Å². The monoisotopic (exact) mass is 331 g/mol. The van der Waals surface area contributed by atoms with Crippen LogP contribution in [0.2, 0.25) is 10.2 Å². The fourth-order valence-corrected chi connectivity index (χ4v) is 2.99. The number of halogens is 2. The summed E-state index contributed by atoms with van der Waals surface area (Å²) in [6.45, 7) is 6.29. The maximum absolute atomic E-state index is 5.98. The first-order valence-corrected chi connectivity index (χ1v) is 7.67. The lowest BCUT2D eigenvalue weighted by Crippen LogP contribution is -1.90. The molecule has 0 aliphatic heterocycles. The fourth-order valence-electron chi connectivity index (χ4n) is 2.73. The van der Waals surface area contributed by atoms with Gasteiger partial charge in [0.1, 0.15) is 5.15 Å². The Morgan fingerprint density at radius 3 is 2.23 bits per heavy atom. The third-order valence-corrected chi connectivity index (χ3v) is 4.28. The Balaban J connectivity index is 2.06. The van der Waals surface area contributed by atoms with Gasteiger partial charge in [0.25, 0.3) is 0 Å². The number of aryl methyl sites for hydroxylation is 3. The zero-order valence-corrected chi connectivity index (χ0v) is 14.0. The highest BCUT2D eigenvalue weighted by atomic mass is 35.5. The van der Waals surface area contributed by atoms with Crippen molar-refractivity contribution in [1.29, 1.82) is 0 Å². The third-order valence-electron chi connectivity index (χ3n) is 3.59. The molecule has 0 aliphatic rings. The van der Waals surface area contributed by atoms with Crippen LogP contribution in [0.3, 0.4) is 0 Å². The standard InChI is InChI=1S/C17H15Cl2N3/c1-9-6-10(2)16(11(3)7-9)15-8-14(21-22-15)13-5-4-12(18)17(19)20-13/h4-8H,1-3H3,(H,21,22). The van der Waals surface area contributed by atoms with Crippen molar-refractivity contribution in [2.45, 2.75) is 20.8 Å². The van der Waals surface area contributed by atoms with Gasteiger partial charge in [0.15, 0.2) is 0 Å². The number of rotatable bonds is 2. The van der Waals surface area contributed by atoms with Gasteiger partial charge in [-0.05, 0) is 50.1 Å². The Morgan fingerprint density at radius 1 is 0.909 bits per heavy atom. The van der Waals surface area contributed by atoms with Gasteiger partial charge < -0.3 is 0 Å². The lowest BCUT2D eigenvalue weighted by atomic mass is 9.97. The summed E-state index contributed by atoms with van der Waals surface area (Å²) in [4.78, 5) is 4.27. The summed E-state index contributed by atoms with van der Waals surface area (Å²) in [7, 11) is 0. The topological polar surface area (TPSA) is 41.6 Å². The van der Waals surface area contributed by atoms with E-state index in [1.165, 1.54) is 16.7 Å². The summed E-state index contributed by atoms with van der Waals surface area (Å²) in [6.07, 6.45) is 0. The molecular weight excluding hydrogens is 317 g/mol. The van der Waals surface area contributed by atoms with Crippen molar-refractivity contribution in [3.63, 3.8) is 0 Å². The van der Waals surface area contributed by atoms with E-state index >= 15 is 0 Å². The van der Waals surface area contributed by atoms with E-state index in [1.807, 2.05) is 12.1 Å². The van der Waals surface area contributed by atoms with Crippen molar-refractivity contribution in [1.82, 2.24) is 15.2 Å². The average molecular weight is 332 g/mol. The number of hydrogen-bond acceptors (Lipinski definition) is 2. The van der Waals surface area contributed by atoms with E-state index in [9.17, 15) is 0 Å². The summed E-state index contributed by atoms with van der Waals surface area (Å²) >= 11 is 11.9. The molecule has 0 radical (unpaired) electrons. The molecule has 1 N–H and O–H groups in total. The average Bonchev–Trinajstić information content (AvgIpc) is 2.90. The second-order valence-corrected chi connectivity index (χ2v) is 6.17. The van der Waals surface area contributed by atoms with Crippen molar-refractivity contribution >= 4 is 23.2 Å². The predicted molar refractivity (Wildman–Crippen MR) is 91.5 cm³/mol. The summed E-state index contributed by atoms with van der Waals surface area (Å²) in [5.74, 6) is 0. The molecule has 3 nitrogen and oxygen atoms in total. The van der Waals surface area contributed by atoms with Crippen LogP contribution in [0, 0.1) is 20.8 Å². The molecule has 0 amide bonds. The van der Waals surface area contributed by atoms with Crippen molar-refractivity contribution < 1.29 is 0 Å². The Morgan fingerprint density at radius 2 is 1.59 bits per heavy atom. The predicted octanol–water partition coefficient (Wildman–Crippen LogP) is 5.37. The van der Waals surface area contributed by atoms with Gasteiger partial charge in [-0.25, -0.2) is 4.98 Å². The zero-order valence-electron chi connectivity index (χ0n) is 12.5. The number of nitrogens with zero attached hydrogens (tertiary/aromatic N) is 2. The Labute approximate surface area is 139 Å². The second kappa shape index (κ2) is 5.75. The number of benzene rings is 1. The first-order chi connectivity index (χ1) is 10.5. The minimum absolute atomic E-state index is 0.290. The summed E-state index contributed by atoms with van der Waals surface area (Å²) in [5, 5.41) is 8.18. The van der Waals surface area contributed by atoms with Crippen molar-refractivity contribution in [3.8, 4) is 22.6 Å². The van der Waals surface area contributed by atoms with E-state index in [-0.39, 0.29) is 5.15 Å². The quantitative estimate of drug-likeness (QED) is 0.641. The molecule has 0 saturated heterocycles. The molecule has 112 valence electrons. The van der Waals surface area contributed by atoms with E-state index in [1.54, 1.807) is 6.07 Å². The van der Waals surface area contributed by atoms with Crippen LogP contribution in [0.1, 0.15) is 16.7 Å². The first kappa shape index (κ1) is 15.1. The van der Waals surface area contributed by atoms with E-state index in [2.05, 4.69) is 48.1 Å². The molecule has 0 fully saturated rings. The Hall–Kier alpha value is -1.84. The van der Waals surface area contributed by atoms with E-state index in [0.29, 0.717) is 5.02 Å². The lowest BCUT2D eigenvalue weighted by Gasteiger charge is -2.08. The normalized spacial score (nSPS) is 11.0. The molecule has 2 heterocycles. The largest absolute Gasteiger partial charge is 0.276 e. The molecule has 5 heteroatoms. The molecule has 0 bridgehead atoms. The molecule has 0 unspecified atom stereocenters. The van der Waals surface area contributed by atoms with Gasteiger partial charge in [-0.3, -0.25) is 5.10 Å². The lowest BCUT2D eigenvalue weighted by molar-refractivity contribution is 1.09. The minimum atomic E-state index is 0.290. The van der Waals surface area contributed by atoms with Crippen molar-refractivity contribution in [3.05, 3.63) is 57.2 Å². The van der Waals surface area contributed by atoms with Crippen molar-refractivity contribution in [2.75, 3.05) is 0 Å². The van der Waals surface area contributed by atoms with Crippen molar-refractivity contribution in [2.24, 2.45) is 0 Å². The molecule has 2 aromatic heterocycles. The molecule has 3 aromatic rings. The van der Waals surface area contributed by atoms with Gasteiger partial charge in [-0.1, -0.05) is 40.9 Å². The number of aromatic amines is 1. The third kappa shape index (κ3) is 2.74. The number of pyridine rings is 1. The number of aromatic nitrogens is 3. The molecule has 22 heavy (non-hydrogen) atoms. The molecule has 0 atom stereocenters. The van der Waals surface area contributed by atoms with E-state index in [0.717, 1.165) is 22.6 Å². The van der Waals surface area contributed by atoms with Crippen LogP contribution in [-0.4, -0.2) is 15.2 Å². The van der Waals surface area contributed by atoms with E-state index < -0.39 is 0 Å². The van der Waals surface area contributed by atoms with E-state index in [4.69, 9.17) is 23.2 Å². The highest BCUT2D eigenvalue weighted by Crippen LogP contribution is 2.30. The highest BCUT2D eigenvalue weighted by molar-refractivity contribution is 6.41. The summed E-state index contributed by atoms with van der Waals surface area (Å²) in [5.41, 5.74) is 7.24. The zero-order chi connectivity index (χ0) is 15.9. The number of hydrogen-bond donors (Lipinski definition) is 1. The van der Waals surface area contributed by atoms with Crippen LogP contribution in [0.5, 0.6) is 0 Å². The smallest absolute Gasteiger partial charge is 0.148 e. The van der Waals surface area contributed by atoms with Crippen LogP contribution in [-0.2, 0) is 0 Å². The van der Waals surface area contributed by atoms with Crippen LogP contribution in [0.4, 0.5) is 0 Å². The van der Waals surface area contributed by atoms with Gasteiger partial charge in [-0.2, -0.15) is 5.10 Å². The number of H-pyrrole nitrogens is 1. The second-order valence-electron chi connectivity index (χ2n) is 5.41. The molecule has 0 spiro atoms. The highest BCUT2D eigenvalue weighted by Gasteiger charge is 2.12. The SMILES string of the molecule is Cc1cc(C)c(-c2cc(-c3ccc(Cl)c(Cl)n3)[nH]n2)c(C)c1. The van der Waals surface area contributed by atoms with Gasteiger partial charge in [0.2, 0.25) is 0 Å². The Kier molecular flexibility index (Phi) is 3.94. The summed E-state index contributed by atoms with van der Waals surface area (Å²) in [6, 6.07) is 9.86.